The third-order valence-corrected chi connectivity index (χ3v) is 4.87. The average Bonchev–Trinajstić information content (AvgIpc) is 3.07. The summed E-state index contributed by atoms with van der Waals surface area (Å²) in [6.45, 7) is 7.15. The number of benzene rings is 2. The molecule has 0 spiro atoms. The van der Waals surface area contributed by atoms with Crippen molar-refractivity contribution in [2.24, 2.45) is 0 Å². The summed E-state index contributed by atoms with van der Waals surface area (Å²) in [5, 5.41) is 2.89. The van der Waals surface area contributed by atoms with Crippen LogP contribution in [-0.4, -0.2) is 37.6 Å². The first-order valence-electron chi connectivity index (χ1n) is 10.0. The second-order valence-electron chi connectivity index (χ2n) is 7.41. The van der Waals surface area contributed by atoms with Crippen molar-refractivity contribution in [2.45, 2.75) is 39.2 Å². The van der Waals surface area contributed by atoms with Gasteiger partial charge in [0.1, 0.15) is 11.5 Å². The maximum atomic E-state index is 12.4. The number of carbonyl (C=O) groups excluding carboxylic acids is 2. The fourth-order valence-electron chi connectivity index (χ4n) is 3.31. The van der Waals surface area contributed by atoms with Crippen LogP contribution in [0.1, 0.15) is 38.7 Å². The molecule has 0 unspecified atom stereocenters. The first kappa shape index (κ1) is 20.7. The van der Waals surface area contributed by atoms with Gasteiger partial charge in [-0.2, -0.15) is 0 Å². The van der Waals surface area contributed by atoms with Crippen molar-refractivity contribution in [2.75, 3.05) is 24.7 Å². The lowest BCUT2D eigenvalue weighted by atomic mass is 10.0. The van der Waals surface area contributed by atoms with E-state index in [2.05, 4.69) is 19.2 Å². The van der Waals surface area contributed by atoms with E-state index in [9.17, 15) is 9.59 Å². The van der Waals surface area contributed by atoms with Crippen molar-refractivity contribution in [1.82, 2.24) is 5.32 Å². The number of amides is 2. The van der Waals surface area contributed by atoms with E-state index in [0.717, 1.165) is 11.4 Å². The topological polar surface area (TPSA) is 67.9 Å². The van der Waals surface area contributed by atoms with E-state index in [4.69, 9.17) is 9.47 Å². The lowest BCUT2D eigenvalue weighted by Gasteiger charge is -2.18. The molecule has 29 heavy (non-hydrogen) atoms. The van der Waals surface area contributed by atoms with Crippen LogP contribution >= 0.6 is 0 Å². The number of rotatable bonds is 8. The minimum absolute atomic E-state index is 0.00958. The van der Waals surface area contributed by atoms with Gasteiger partial charge in [0.2, 0.25) is 5.91 Å². The first-order chi connectivity index (χ1) is 14.0. The van der Waals surface area contributed by atoms with Crippen molar-refractivity contribution >= 4 is 17.5 Å². The van der Waals surface area contributed by atoms with Crippen molar-refractivity contribution in [3.05, 3.63) is 54.1 Å². The fraction of sp³-hybridized carbons (Fsp3) is 0.391. The van der Waals surface area contributed by atoms with Gasteiger partial charge in [0.15, 0.2) is 6.61 Å². The van der Waals surface area contributed by atoms with Gasteiger partial charge >= 0.3 is 0 Å². The highest BCUT2D eigenvalue weighted by molar-refractivity contribution is 5.97. The maximum absolute atomic E-state index is 12.4. The molecule has 2 amide bonds. The van der Waals surface area contributed by atoms with E-state index in [0.29, 0.717) is 24.8 Å². The molecule has 3 rings (SSSR count). The van der Waals surface area contributed by atoms with Crippen LogP contribution in [0.25, 0.3) is 0 Å². The Balaban J connectivity index is 1.49. The Morgan fingerprint density at radius 3 is 2.31 bits per heavy atom. The summed E-state index contributed by atoms with van der Waals surface area (Å²) in [6, 6.07) is 14.9. The third-order valence-electron chi connectivity index (χ3n) is 4.87. The number of nitrogens with zero attached hydrogens (tertiary/aromatic N) is 1. The maximum Gasteiger partial charge on any atom is 0.258 e. The van der Waals surface area contributed by atoms with Gasteiger partial charge < -0.3 is 19.7 Å². The molecule has 1 atom stereocenters. The number of hydrogen-bond donors (Lipinski definition) is 1. The second kappa shape index (κ2) is 9.45. The largest absolute Gasteiger partial charge is 0.494 e. The normalized spacial score (nSPS) is 16.2. The number of ether oxygens (including phenoxy) is 2. The number of carbonyl (C=O) groups is 2. The lowest BCUT2D eigenvalue weighted by molar-refractivity contribution is -0.123. The zero-order valence-corrected chi connectivity index (χ0v) is 17.2. The third kappa shape index (κ3) is 5.50. The van der Waals surface area contributed by atoms with Crippen LogP contribution in [-0.2, 0) is 9.59 Å². The highest BCUT2D eigenvalue weighted by atomic mass is 16.5. The number of nitrogens with one attached hydrogen (secondary N) is 1. The summed E-state index contributed by atoms with van der Waals surface area (Å²) in [7, 11) is 0. The summed E-state index contributed by atoms with van der Waals surface area (Å²) in [5.41, 5.74) is 2.03. The summed E-state index contributed by atoms with van der Waals surface area (Å²) in [5.74, 6) is 1.63. The van der Waals surface area contributed by atoms with Crippen molar-refractivity contribution in [3.63, 3.8) is 0 Å². The molecule has 1 fully saturated rings. The molecule has 0 bridgehead atoms. The monoisotopic (exact) mass is 396 g/mol. The van der Waals surface area contributed by atoms with Gasteiger partial charge in [-0.3, -0.25) is 9.59 Å². The zero-order valence-electron chi connectivity index (χ0n) is 17.2. The fourth-order valence-corrected chi connectivity index (χ4v) is 3.31. The van der Waals surface area contributed by atoms with E-state index < -0.39 is 0 Å². The van der Waals surface area contributed by atoms with Gasteiger partial charge in [0.05, 0.1) is 12.6 Å². The van der Waals surface area contributed by atoms with Crippen LogP contribution in [0.2, 0.25) is 0 Å². The average molecular weight is 396 g/mol. The number of hydrogen-bond acceptors (Lipinski definition) is 4. The van der Waals surface area contributed by atoms with Crippen LogP contribution in [0.5, 0.6) is 11.5 Å². The summed E-state index contributed by atoms with van der Waals surface area (Å²) < 4.78 is 11.0. The molecular formula is C23H28N2O4. The zero-order chi connectivity index (χ0) is 20.8. The molecule has 0 aliphatic carbocycles. The minimum atomic E-state index is -0.232. The minimum Gasteiger partial charge on any atom is -0.494 e. The highest BCUT2D eigenvalue weighted by Gasteiger charge is 2.31. The van der Waals surface area contributed by atoms with E-state index in [1.807, 2.05) is 55.5 Å². The smallest absolute Gasteiger partial charge is 0.258 e. The quantitative estimate of drug-likeness (QED) is 0.741. The van der Waals surface area contributed by atoms with Crippen LogP contribution in [0.3, 0.4) is 0 Å². The molecule has 0 saturated carbocycles. The Hall–Kier alpha value is -3.02. The number of anilines is 1. The molecule has 1 N–H and O–H groups in total. The molecule has 0 radical (unpaired) electrons. The van der Waals surface area contributed by atoms with E-state index in [1.165, 1.54) is 5.56 Å². The molecule has 154 valence electrons. The standard InChI is InChI=1S/C23H28N2O4/c1-4-28-20-11-7-19(8-12-20)25-14-18(13-23(25)27)24-22(26)15-29-21-9-5-17(6-10-21)16(2)3/h5-12,16,18H,4,13-15H2,1-3H3,(H,24,26)/t18-/m1/s1. The van der Waals surface area contributed by atoms with Crippen molar-refractivity contribution in [1.29, 1.82) is 0 Å². The Labute approximate surface area is 171 Å². The van der Waals surface area contributed by atoms with Crippen molar-refractivity contribution in [3.8, 4) is 11.5 Å². The highest BCUT2D eigenvalue weighted by Crippen LogP contribution is 2.24. The molecule has 2 aromatic carbocycles. The molecular weight excluding hydrogens is 368 g/mol. The van der Waals surface area contributed by atoms with Gasteiger partial charge in [-0.1, -0.05) is 26.0 Å². The van der Waals surface area contributed by atoms with Gasteiger partial charge in [-0.15, -0.1) is 0 Å². The Bertz CT molecular complexity index is 831. The predicted octanol–water partition coefficient (Wildman–Crippen LogP) is 3.51. The second-order valence-corrected chi connectivity index (χ2v) is 7.41. The van der Waals surface area contributed by atoms with Crippen LogP contribution in [0.4, 0.5) is 5.69 Å². The predicted molar refractivity (Wildman–Crippen MR) is 113 cm³/mol. The Kier molecular flexibility index (Phi) is 6.75. The van der Waals surface area contributed by atoms with Crippen LogP contribution < -0.4 is 19.7 Å². The molecule has 1 aliphatic rings. The van der Waals surface area contributed by atoms with E-state index >= 15 is 0 Å². The first-order valence-corrected chi connectivity index (χ1v) is 10.0. The molecule has 6 heteroatoms. The lowest BCUT2D eigenvalue weighted by Crippen LogP contribution is -2.39. The van der Waals surface area contributed by atoms with Gasteiger partial charge in [-0.25, -0.2) is 0 Å². The van der Waals surface area contributed by atoms with Gasteiger partial charge in [0, 0.05) is 18.7 Å². The SMILES string of the molecule is CCOc1ccc(N2C[C@H](NC(=O)COc3ccc(C(C)C)cc3)CC2=O)cc1. The Morgan fingerprint density at radius 2 is 1.69 bits per heavy atom. The molecule has 1 heterocycles. The van der Waals surface area contributed by atoms with Crippen molar-refractivity contribution < 1.29 is 19.1 Å². The molecule has 0 aromatic heterocycles. The Morgan fingerprint density at radius 1 is 1.07 bits per heavy atom. The van der Waals surface area contributed by atoms with Crippen LogP contribution in [0, 0.1) is 0 Å². The molecule has 2 aromatic rings. The summed E-state index contributed by atoms with van der Waals surface area (Å²) in [4.78, 5) is 26.3. The summed E-state index contributed by atoms with van der Waals surface area (Å²) in [6.07, 6.45) is 0.280. The summed E-state index contributed by atoms with van der Waals surface area (Å²) >= 11 is 0. The van der Waals surface area contributed by atoms with E-state index in [-0.39, 0.29) is 30.9 Å². The van der Waals surface area contributed by atoms with Gasteiger partial charge in [-0.05, 0) is 54.8 Å². The molecule has 1 saturated heterocycles. The molecule has 6 nitrogen and oxygen atoms in total. The van der Waals surface area contributed by atoms with Crippen LogP contribution in [0.15, 0.2) is 48.5 Å². The molecule has 1 aliphatic heterocycles. The van der Waals surface area contributed by atoms with E-state index in [1.54, 1.807) is 4.90 Å². The van der Waals surface area contributed by atoms with Gasteiger partial charge in [0.25, 0.3) is 5.91 Å².